The van der Waals surface area contributed by atoms with Gasteiger partial charge in [-0.2, -0.15) is 0 Å². The molecule has 4 rings (SSSR count). The number of amides is 1. The van der Waals surface area contributed by atoms with Crippen LogP contribution in [-0.2, 0) is 13.0 Å². The van der Waals surface area contributed by atoms with Gasteiger partial charge in [0.05, 0.1) is 6.54 Å². The molecule has 0 bridgehead atoms. The molecular weight excluding hydrogens is 408 g/mol. The van der Waals surface area contributed by atoms with E-state index in [4.69, 9.17) is 11.6 Å². The van der Waals surface area contributed by atoms with Gasteiger partial charge >= 0.3 is 0 Å². The second-order valence-electron chi connectivity index (χ2n) is 7.69. The largest absolute Gasteiger partial charge is 0.334 e. The number of halogens is 1. The van der Waals surface area contributed by atoms with Crippen molar-refractivity contribution in [1.82, 2.24) is 9.88 Å². The van der Waals surface area contributed by atoms with Crippen molar-refractivity contribution >= 4 is 28.4 Å². The maximum Gasteiger partial charge on any atom is 0.254 e. The molecule has 0 aliphatic carbocycles. The third kappa shape index (κ3) is 5.04. The number of aromatic nitrogens is 1. The zero-order valence-electron chi connectivity index (χ0n) is 17.3. The average Bonchev–Trinajstić information content (AvgIpc) is 2.77. The number of aromatic amines is 1. The molecule has 31 heavy (non-hydrogen) atoms. The summed E-state index contributed by atoms with van der Waals surface area (Å²) in [6.45, 7) is 2.69. The molecule has 0 radical (unpaired) electrons. The molecule has 0 saturated carbocycles. The smallest absolute Gasteiger partial charge is 0.254 e. The molecule has 0 aliphatic rings. The highest BCUT2D eigenvalue weighted by Gasteiger charge is 2.18. The van der Waals surface area contributed by atoms with E-state index in [1.807, 2.05) is 61.5 Å². The molecule has 156 valence electrons. The van der Waals surface area contributed by atoms with E-state index in [0.29, 0.717) is 29.1 Å². The highest BCUT2D eigenvalue weighted by molar-refractivity contribution is 6.30. The summed E-state index contributed by atoms with van der Waals surface area (Å²) >= 11 is 6.10. The van der Waals surface area contributed by atoms with E-state index < -0.39 is 0 Å². The molecule has 0 fully saturated rings. The molecule has 0 unspecified atom stereocenters. The van der Waals surface area contributed by atoms with E-state index in [-0.39, 0.29) is 18.0 Å². The third-order valence-electron chi connectivity index (χ3n) is 5.31. The SMILES string of the molecule is Cc1ccc2cc(CN(CCc3ccccc3)C(=O)c3cccc(Cl)c3)c(=O)[nH]c2c1. The lowest BCUT2D eigenvalue weighted by Gasteiger charge is -2.23. The first-order valence-corrected chi connectivity index (χ1v) is 10.6. The Labute approximate surface area is 186 Å². The van der Waals surface area contributed by atoms with Crippen LogP contribution in [0, 0.1) is 6.92 Å². The molecule has 0 aliphatic heterocycles. The van der Waals surface area contributed by atoms with Crippen molar-refractivity contribution < 1.29 is 4.79 Å². The van der Waals surface area contributed by atoms with Crippen molar-refractivity contribution in [1.29, 1.82) is 0 Å². The van der Waals surface area contributed by atoms with Crippen LogP contribution in [0.3, 0.4) is 0 Å². The number of carbonyl (C=O) groups is 1. The van der Waals surface area contributed by atoms with Crippen LogP contribution in [0.1, 0.15) is 27.0 Å². The first-order valence-electron chi connectivity index (χ1n) is 10.2. The van der Waals surface area contributed by atoms with E-state index in [1.165, 1.54) is 0 Å². The zero-order chi connectivity index (χ0) is 21.8. The zero-order valence-corrected chi connectivity index (χ0v) is 18.0. The Hall–Kier alpha value is -3.37. The van der Waals surface area contributed by atoms with Gasteiger partial charge in [0.1, 0.15) is 0 Å². The lowest BCUT2D eigenvalue weighted by Crippen LogP contribution is -2.34. The van der Waals surface area contributed by atoms with Crippen molar-refractivity contribution in [3.63, 3.8) is 0 Å². The van der Waals surface area contributed by atoms with Gasteiger partial charge in [-0.3, -0.25) is 9.59 Å². The fraction of sp³-hybridized carbons (Fsp3) is 0.154. The Kier molecular flexibility index (Phi) is 6.19. The number of nitrogens with zero attached hydrogens (tertiary/aromatic N) is 1. The summed E-state index contributed by atoms with van der Waals surface area (Å²) in [6, 6.07) is 24.7. The van der Waals surface area contributed by atoms with Crippen LogP contribution < -0.4 is 5.56 Å². The molecule has 0 spiro atoms. The van der Waals surface area contributed by atoms with E-state index in [1.54, 1.807) is 29.2 Å². The summed E-state index contributed by atoms with van der Waals surface area (Å²) in [7, 11) is 0. The average molecular weight is 431 g/mol. The number of fused-ring (bicyclic) bond motifs is 1. The van der Waals surface area contributed by atoms with Gasteiger partial charge in [0.15, 0.2) is 0 Å². The summed E-state index contributed by atoms with van der Waals surface area (Å²) in [5, 5.41) is 1.45. The summed E-state index contributed by atoms with van der Waals surface area (Å²) in [4.78, 5) is 30.7. The highest BCUT2D eigenvalue weighted by Crippen LogP contribution is 2.17. The van der Waals surface area contributed by atoms with E-state index in [2.05, 4.69) is 4.98 Å². The normalized spacial score (nSPS) is 10.9. The minimum Gasteiger partial charge on any atom is -0.334 e. The quantitative estimate of drug-likeness (QED) is 0.446. The second-order valence-corrected chi connectivity index (χ2v) is 8.12. The van der Waals surface area contributed by atoms with Crippen LogP contribution in [0.4, 0.5) is 0 Å². The number of aryl methyl sites for hydroxylation is 1. The van der Waals surface area contributed by atoms with Gasteiger partial charge < -0.3 is 9.88 Å². The van der Waals surface area contributed by atoms with Crippen molar-refractivity contribution in [2.45, 2.75) is 19.9 Å². The molecule has 5 heteroatoms. The number of rotatable bonds is 6. The van der Waals surface area contributed by atoms with E-state index >= 15 is 0 Å². The third-order valence-corrected chi connectivity index (χ3v) is 5.55. The summed E-state index contributed by atoms with van der Waals surface area (Å²) in [6.07, 6.45) is 0.692. The predicted molar refractivity (Wildman–Crippen MR) is 126 cm³/mol. The molecular formula is C26H23ClN2O2. The van der Waals surface area contributed by atoms with Crippen LogP contribution in [0.2, 0.25) is 5.02 Å². The monoisotopic (exact) mass is 430 g/mol. The van der Waals surface area contributed by atoms with Gasteiger partial charge in [-0.05, 0) is 60.2 Å². The number of hydrogen-bond donors (Lipinski definition) is 1. The summed E-state index contributed by atoms with van der Waals surface area (Å²) in [5.41, 5.74) is 3.89. The van der Waals surface area contributed by atoms with Gasteiger partial charge in [0.25, 0.3) is 11.5 Å². The Morgan fingerprint density at radius 3 is 2.55 bits per heavy atom. The van der Waals surface area contributed by atoms with Crippen molar-refractivity contribution in [3.8, 4) is 0 Å². The predicted octanol–water partition coefficient (Wildman–Crippen LogP) is 5.38. The Bertz CT molecular complexity index is 1280. The Balaban J connectivity index is 1.65. The maximum absolute atomic E-state index is 13.3. The molecule has 0 saturated heterocycles. The van der Waals surface area contributed by atoms with Crippen LogP contribution in [0.5, 0.6) is 0 Å². The summed E-state index contributed by atoms with van der Waals surface area (Å²) < 4.78 is 0. The fourth-order valence-electron chi connectivity index (χ4n) is 3.65. The molecule has 1 amide bonds. The van der Waals surface area contributed by atoms with Crippen molar-refractivity contribution in [2.24, 2.45) is 0 Å². The van der Waals surface area contributed by atoms with Crippen molar-refractivity contribution in [2.75, 3.05) is 6.54 Å². The lowest BCUT2D eigenvalue weighted by atomic mass is 10.1. The van der Waals surface area contributed by atoms with Gasteiger partial charge in [0.2, 0.25) is 0 Å². The number of H-pyrrole nitrogens is 1. The van der Waals surface area contributed by atoms with E-state index in [0.717, 1.165) is 22.0 Å². The molecule has 1 heterocycles. The van der Waals surface area contributed by atoms with Gasteiger partial charge in [-0.15, -0.1) is 0 Å². The topological polar surface area (TPSA) is 53.2 Å². The molecule has 4 aromatic rings. The number of hydrogen-bond acceptors (Lipinski definition) is 2. The van der Waals surface area contributed by atoms with Gasteiger partial charge in [-0.25, -0.2) is 0 Å². The number of nitrogens with one attached hydrogen (secondary N) is 1. The number of pyridine rings is 1. The molecule has 3 aromatic carbocycles. The molecule has 1 N–H and O–H groups in total. The number of benzene rings is 3. The summed E-state index contributed by atoms with van der Waals surface area (Å²) in [5.74, 6) is -0.151. The second kappa shape index (κ2) is 9.19. The molecule has 4 nitrogen and oxygen atoms in total. The minimum absolute atomic E-state index is 0.151. The first kappa shape index (κ1) is 20.9. The van der Waals surface area contributed by atoms with Crippen molar-refractivity contribution in [3.05, 3.63) is 116 Å². The molecule has 1 aromatic heterocycles. The number of carbonyl (C=O) groups excluding carboxylic acids is 1. The Morgan fingerprint density at radius 1 is 0.968 bits per heavy atom. The van der Waals surface area contributed by atoms with Crippen LogP contribution in [-0.4, -0.2) is 22.3 Å². The van der Waals surface area contributed by atoms with Crippen LogP contribution in [0.15, 0.2) is 83.7 Å². The highest BCUT2D eigenvalue weighted by atomic mass is 35.5. The maximum atomic E-state index is 13.3. The van der Waals surface area contributed by atoms with E-state index in [9.17, 15) is 9.59 Å². The fourth-order valence-corrected chi connectivity index (χ4v) is 3.84. The van der Waals surface area contributed by atoms with Crippen LogP contribution >= 0.6 is 11.6 Å². The first-order chi connectivity index (χ1) is 15.0. The lowest BCUT2D eigenvalue weighted by molar-refractivity contribution is 0.0744. The van der Waals surface area contributed by atoms with Crippen LogP contribution in [0.25, 0.3) is 10.9 Å². The minimum atomic E-state index is -0.179. The van der Waals surface area contributed by atoms with Gasteiger partial charge in [0, 0.05) is 28.2 Å². The standard InChI is InChI=1S/C26H23ClN2O2/c1-18-10-11-20-15-22(25(30)28-24(20)14-18)17-29(13-12-19-6-3-2-4-7-19)26(31)21-8-5-9-23(27)16-21/h2-11,14-16H,12-13,17H2,1H3,(H,28,30). The Morgan fingerprint density at radius 2 is 1.77 bits per heavy atom. The molecule has 0 atom stereocenters. The van der Waals surface area contributed by atoms with Gasteiger partial charge in [-0.1, -0.05) is 60.1 Å².